The first kappa shape index (κ1) is 8.70. The van der Waals surface area contributed by atoms with E-state index in [9.17, 15) is 4.39 Å². The normalized spacial score (nSPS) is 27.8. The molecule has 0 spiro atoms. The Kier molecular flexibility index (Phi) is 2.32. The Morgan fingerprint density at radius 3 is 2.92 bits per heavy atom. The number of rotatable bonds is 1. The minimum Gasteiger partial charge on any atom is -0.310 e. The third kappa shape index (κ3) is 1.89. The molecule has 1 aromatic carbocycles. The van der Waals surface area contributed by atoms with Crippen molar-refractivity contribution in [2.24, 2.45) is 5.92 Å². The van der Waals surface area contributed by atoms with Gasteiger partial charge in [-0.1, -0.05) is 19.1 Å². The smallest absolute Gasteiger partial charge is 0.123 e. The lowest BCUT2D eigenvalue weighted by atomic mass is 10.0. The van der Waals surface area contributed by atoms with Crippen LogP contribution < -0.4 is 5.32 Å². The highest BCUT2D eigenvalue weighted by Gasteiger charge is 2.21. The fourth-order valence-corrected chi connectivity index (χ4v) is 1.89. The van der Waals surface area contributed by atoms with Crippen LogP contribution in [0.2, 0.25) is 0 Å². The minimum absolute atomic E-state index is 0.140. The standard InChI is InChI=1S/C11H14FN/c1-8-5-11(13-7-8)9-3-2-4-10(12)6-9/h2-4,6,8,11,13H,5,7H2,1H3. The number of nitrogens with one attached hydrogen (secondary N) is 1. The summed E-state index contributed by atoms with van der Waals surface area (Å²) >= 11 is 0. The van der Waals surface area contributed by atoms with Crippen LogP contribution in [0.25, 0.3) is 0 Å². The van der Waals surface area contributed by atoms with E-state index in [4.69, 9.17) is 0 Å². The maximum Gasteiger partial charge on any atom is 0.123 e. The Morgan fingerprint density at radius 2 is 2.31 bits per heavy atom. The SMILES string of the molecule is CC1CNC(c2cccc(F)c2)C1. The molecule has 1 aromatic rings. The second-order valence-electron chi connectivity index (χ2n) is 3.86. The molecule has 1 aliphatic heterocycles. The molecule has 1 N–H and O–H groups in total. The van der Waals surface area contributed by atoms with E-state index in [2.05, 4.69) is 12.2 Å². The van der Waals surface area contributed by atoms with Crippen molar-refractivity contribution in [1.29, 1.82) is 0 Å². The van der Waals surface area contributed by atoms with Crippen LogP contribution in [0.4, 0.5) is 4.39 Å². The van der Waals surface area contributed by atoms with E-state index in [1.807, 2.05) is 6.07 Å². The Labute approximate surface area is 78.0 Å². The van der Waals surface area contributed by atoms with Gasteiger partial charge in [0.25, 0.3) is 0 Å². The third-order valence-electron chi connectivity index (χ3n) is 2.60. The first-order valence-electron chi connectivity index (χ1n) is 4.74. The molecule has 2 heteroatoms. The number of hydrogen-bond acceptors (Lipinski definition) is 1. The van der Waals surface area contributed by atoms with Crippen molar-refractivity contribution in [2.75, 3.05) is 6.54 Å². The summed E-state index contributed by atoms with van der Waals surface area (Å²) in [5.41, 5.74) is 1.07. The van der Waals surface area contributed by atoms with Gasteiger partial charge in [-0.2, -0.15) is 0 Å². The Hall–Kier alpha value is -0.890. The highest BCUT2D eigenvalue weighted by Crippen LogP contribution is 2.26. The molecule has 1 heterocycles. The molecule has 0 bridgehead atoms. The lowest BCUT2D eigenvalue weighted by molar-refractivity contribution is 0.594. The molecule has 2 rings (SSSR count). The predicted molar refractivity (Wildman–Crippen MR) is 50.9 cm³/mol. The Morgan fingerprint density at radius 1 is 1.46 bits per heavy atom. The average molecular weight is 179 g/mol. The molecule has 13 heavy (non-hydrogen) atoms. The quantitative estimate of drug-likeness (QED) is 0.698. The highest BCUT2D eigenvalue weighted by molar-refractivity contribution is 5.21. The number of benzene rings is 1. The van der Waals surface area contributed by atoms with Crippen LogP contribution in [0.15, 0.2) is 24.3 Å². The van der Waals surface area contributed by atoms with Gasteiger partial charge in [0.2, 0.25) is 0 Å². The second-order valence-corrected chi connectivity index (χ2v) is 3.86. The molecule has 0 saturated carbocycles. The third-order valence-corrected chi connectivity index (χ3v) is 2.60. The second kappa shape index (κ2) is 3.46. The van der Waals surface area contributed by atoms with E-state index in [1.54, 1.807) is 12.1 Å². The average Bonchev–Trinajstić information content (AvgIpc) is 2.52. The van der Waals surface area contributed by atoms with Gasteiger partial charge in [-0.05, 0) is 36.6 Å². The summed E-state index contributed by atoms with van der Waals surface area (Å²) in [5.74, 6) is 0.562. The van der Waals surface area contributed by atoms with Crippen LogP contribution in [0.1, 0.15) is 24.9 Å². The summed E-state index contributed by atoms with van der Waals surface area (Å²) in [7, 11) is 0. The van der Waals surface area contributed by atoms with E-state index in [1.165, 1.54) is 6.07 Å². The van der Waals surface area contributed by atoms with Gasteiger partial charge in [-0.25, -0.2) is 4.39 Å². The monoisotopic (exact) mass is 179 g/mol. The summed E-state index contributed by atoms with van der Waals surface area (Å²) < 4.78 is 12.9. The summed E-state index contributed by atoms with van der Waals surface area (Å²) in [5, 5.41) is 3.38. The van der Waals surface area contributed by atoms with Crippen LogP contribution in [0.3, 0.4) is 0 Å². The maximum atomic E-state index is 12.9. The minimum atomic E-state index is -0.140. The van der Waals surface area contributed by atoms with Crippen LogP contribution in [-0.4, -0.2) is 6.54 Å². The van der Waals surface area contributed by atoms with Crippen molar-refractivity contribution in [2.45, 2.75) is 19.4 Å². The molecule has 2 atom stereocenters. The molecular formula is C11H14FN. The van der Waals surface area contributed by atoms with Crippen LogP contribution in [-0.2, 0) is 0 Å². The van der Waals surface area contributed by atoms with Crippen molar-refractivity contribution in [3.8, 4) is 0 Å². The van der Waals surface area contributed by atoms with E-state index in [-0.39, 0.29) is 5.82 Å². The van der Waals surface area contributed by atoms with Crippen LogP contribution in [0, 0.1) is 11.7 Å². The first-order chi connectivity index (χ1) is 6.25. The topological polar surface area (TPSA) is 12.0 Å². The van der Waals surface area contributed by atoms with Gasteiger partial charge in [0, 0.05) is 6.04 Å². The van der Waals surface area contributed by atoms with E-state index in [0.29, 0.717) is 12.0 Å². The summed E-state index contributed by atoms with van der Waals surface area (Å²) in [4.78, 5) is 0. The van der Waals surface area contributed by atoms with Gasteiger partial charge in [0.05, 0.1) is 0 Å². The van der Waals surface area contributed by atoms with Gasteiger partial charge >= 0.3 is 0 Å². The summed E-state index contributed by atoms with van der Waals surface area (Å²) in [6, 6.07) is 7.22. The van der Waals surface area contributed by atoms with E-state index in [0.717, 1.165) is 18.5 Å². The van der Waals surface area contributed by atoms with Gasteiger partial charge in [-0.3, -0.25) is 0 Å². The van der Waals surface area contributed by atoms with Crippen molar-refractivity contribution in [1.82, 2.24) is 5.32 Å². The molecule has 0 radical (unpaired) electrons. The number of hydrogen-bond donors (Lipinski definition) is 1. The van der Waals surface area contributed by atoms with Crippen LogP contribution in [0.5, 0.6) is 0 Å². The predicted octanol–water partition coefficient (Wildman–Crippen LogP) is 2.50. The summed E-state index contributed by atoms with van der Waals surface area (Å²) in [6.45, 7) is 3.26. The zero-order chi connectivity index (χ0) is 9.26. The highest BCUT2D eigenvalue weighted by atomic mass is 19.1. The molecule has 0 aliphatic carbocycles. The van der Waals surface area contributed by atoms with Crippen LogP contribution >= 0.6 is 0 Å². The molecule has 0 aromatic heterocycles. The van der Waals surface area contributed by atoms with Crippen molar-refractivity contribution < 1.29 is 4.39 Å². The fraction of sp³-hybridized carbons (Fsp3) is 0.455. The Bertz CT molecular complexity index is 298. The summed E-state index contributed by atoms with van der Waals surface area (Å²) in [6.07, 6.45) is 1.11. The van der Waals surface area contributed by atoms with Crippen molar-refractivity contribution in [3.63, 3.8) is 0 Å². The van der Waals surface area contributed by atoms with Crippen molar-refractivity contribution >= 4 is 0 Å². The fourth-order valence-electron chi connectivity index (χ4n) is 1.89. The lowest BCUT2D eigenvalue weighted by Crippen LogP contribution is -2.13. The zero-order valence-corrected chi connectivity index (χ0v) is 7.76. The maximum absolute atomic E-state index is 12.9. The van der Waals surface area contributed by atoms with E-state index >= 15 is 0 Å². The van der Waals surface area contributed by atoms with E-state index < -0.39 is 0 Å². The lowest BCUT2D eigenvalue weighted by Gasteiger charge is -2.09. The van der Waals surface area contributed by atoms with Gasteiger partial charge in [0.1, 0.15) is 5.82 Å². The van der Waals surface area contributed by atoms with Gasteiger partial charge in [0.15, 0.2) is 0 Å². The largest absolute Gasteiger partial charge is 0.310 e. The molecule has 70 valence electrons. The molecule has 1 fully saturated rings. The van der Waals surface area contributed by atoms with Gasteiger partial charge in [-0.15, -0.1) is 0 Å². The number of halogens is 1. The molecule has 0 amide bonds. The molecule has 1 saturated heterocycles. The van der Waals surface area contributed by atoms with Gasteiger partial charge < -0.3 is 5.32 Å². The molecule has 1 nitrogen and oxygen atoms in total. The Balaban J connectivity index is 2.16. The first-order valence-corrected chi connectivity index (χ1v) is 4.74. The van der Waals surface area contributed by atoms with Crippen molar-refractivity contribution in [3.05, 3.63) is 35.6 Å². The molecular weight excluding hydrogens is 165 g/mol. The zero-order valence-electron chi connectivity index (χ0n) is 7.76. The molecule has 2 unspecified atom stereocenters. The molecule has 1 aliphatic rings.